The van der Waals surface area contributed by atoms with Crippen LogP contribution in [0.3, 0.4) is 0 Å². The Hall–Kier alpha value is -2.49. The van der Waals surface area contributed by atoms with Crippen LogP contribution in [0.4, 0.5) is 0 Å². The second-order valence-electron chi connectivity index (χ2n) is 4.74. The van der Waals surface area contributed by atoms with Crippen LogP contribution < -0.4 is 0 Å². The molecule has 0 radical (unpaired) electrons. The molecule has 0 N–H and O–H groups in total. The van der Waals surface area contributed by atoms with E-state index in [4.69, 9.17) is 4.52 Å². The van der Waals surface area contributed by atoms with E-state index < -0.39 is 0 Å². The van der Waals surface area contributed by atoms with Gasteiger partial charge in [0.05, 0.1) is 0 Å². The Balaban J connectivity index is 1.97. The molecule has 0 unspecified atom stereocenters. The zero-order valence-corrected chi connectivity index (χ0v) is 11.2. The standard InChI is InChI=1S/C16H14N2O2/c1-11(19)9-10-15-17-16(18-20-15)14-8-4-6-12-5-2-3-7-13(12)14/h2-8H,9-10H2,1H3. The quantitative estimate of drug-likeness (QED) is 0.726. The van der Waals surface area contributed by atoms with Gasteiger partial charge in [-0.1, -0.05) is 47.6 Å². The lowest BCUT2D eigenvalue weighted by atomic mass is 10.0. The average molecular weight is 266 g/mol. The summed E-state index contributed by atoms with van der Waals surface area (Å²) in [7, 11) is 0. The summed E-state index contributed by atoms with van der Waals surface area (Å²) in [5.41, 5.74) is 0.945. The van der Waals surface area contributed by atoms with Crippen molar-refractivity contribution in [2.45, 2.75) is 19.8 Å². The van der Waals surface area contributed by atoms with Gasteiger partial charge in [-0.05, 0) is 17.7 Å². The largest absolute Gasteiger partial charge is 0.339 e. The normalized spacial score (nSPS) is 10.8. The molecule has 0 atom stereocenters. The number of hydrogen-bond donors (Lipinski definition) is 0. The van der Waals surface area contributed by atoms with Crippen molar-refractivity contribution in [2.24, 2.45) is 0 Å². The van der Waals surface area contributed by atoms with E-state index >= 15 is 0 Å². The van der Waals surface area contributed by atoms with Crippen molar-refractivity contribution in [1.29, 1.82) is 0 Å². The lowest BCUT2D eigenvalue weighted by molar-refractivity contribution is -0.117. The van der Waals surface area contributed by atoms with Gasteiger partial charge in [0, 0.05) is 18.4 Å². The van der Waals surface area contributed by atoms with Crippen LogP contribution in [0.5, 0.6) is 0 Å². The summed E-state index contributed by atoms with van der Waals surface area (Å²) < 4.78 is 5.21. The molecule has 3 rings (SSSR count). The van der Waals surface area contributed by atoms with Gasteiger partial charge in [0.25, 0.3) is 0 Å². The Kier molecular flexibility index (Phi) is 3.29. The van der Waals surface area contributed by atoms with Crippen molar-refractivity contribution in [3.05, 3.63) is 48.4 Å². The first-order valence-corrected chi connectivity index (χ1v) is 6.54. The monoisotopic (exact) mass is 266 g/mol. The molecule has 1 aromatic heterocycles. The molecule has 0 amide bonds. The number of ketones is 1. The smallest absolute Gasteiger partial charge is 0.227 e. The third-order valence-electron chi connectivity index (χ3n) is 3.19. The van der Waals surface area contributed by atoms with Gasteiger partial charge in [0.2, 0.25) is 11.7 Å². The van der Waals surface area contributed by atoms with Gasteiger partial charge in [0.1, 0.15) is 5.78 Å². The summed E-state index contributed by atoms with van der Waals surface area (Å²) >= 11 is 0. The van der Waals surface area contributed by atoms with Crippen molar-refractivity contribution in [2.75, 3.05) is 0 Å². The molecule has 0 bridgehead atoms. The van der Waals surface area contributed by atoms with E-state index in [-0.39, 0.29) is 5.78 Å². The summed E-state index contributed by atoms with van der Waals surface area (Å²) in [6.45, 7) is 1.56. The third-order valence-corrected chi connectivity index (χ3v) is 3.19. The van der Waals surface area contributed by atoms with Gasteiger partial charge in [0.15, 0.2) is 0 Å². The van der Waals surface area contributed by atoms with Gasteiger partial charge in [-0.2, -0.15) is 4.98 Å². The molecule has 2 aromatic carbocycles. The maximum absolute atomic E-state index is 11.0. The van der Waals surface area contributed by atoms with E-state index in [9.17, 15) is 4.79 Å². The number of Topliss-reactive ketones (excluding diaryl/α,β-unsaturated/α-hetero) is 1. The number of hydrogen-bond acceptors (Lipinski definition) is 4. The van der Waals surface area contributed by atoms with Gasteiger partial charge >= 0.3 is 0 Å². The zero-order chi connectivity index (χ0) is 13.9. The molecule has 0 aliphatic heterocycles. The van der Waals surface area contributed by atoms with Crippen LogP contribution in [0.25, 0.3) is 22.2 Å². The van der Waals surface area contributed by atoms with Crippen molar-refractivity contribution in [3.8, 4) is 11.4 Å². The summed E-state index contributed by atoms with van der Waals surface area (Å²) in [6.07, 6.45) is 0.921. The highest BCUT2D eigenvalue weighted by molar-refractivity contribution is 5.94. The van der Waals surface area contributed by atoms with Crippen LogP contribution >= 0.6 is 0 Å². The van der Waals surface area contributed by atoms with Crippen LogP contribution in [0.1, 0.15) is 19.2 Å². The Labute approximate surface area is 116 Å². The number of fused-ring (bicyclic) bond motifs is 1. The fraction of sp³-hybridized carbons (Fsp3) is 0.188. The molecular weight excluding hydrogens is 252 g/mol. The van der Waals surface area contributed by atoms with Crippen molar-refractivity contribution in [1.82, 2.24) is 10.1 Å². The van der Waals surface area contributed by atoms with Crippen molar-refractivity contribution in [3.63, 3.8) is 0 Å². The van der Waals surface area contributed by atoms with Crippen LogP contribution in [-0.4, -0.2) is 15.9 Å². The maximum atomic E-state index is 11.0. The average Bonchev–Trinajstić information content (AvgIpc) is 2.93. The fourth-order valence-corrected chi connectivity index (χ4v) is 2.17. The Bertz CT molecular complexity index is 757. The Morgan fingerprint density at radius 3 is 2.80 bits per heavy atom. The topological polar surface area (TPSA) is 56.0 Å². The predicted octanol–water partition coefficient (Wildman–Crippen LogP) is 3.41. The first kappa shape index (κ1) is 12.5. The SMILES string of the molecule is CC(=O)CCc1nc(-c2cccc3ccccc23)no1. The molecule has 4 heteroatoms. The van der Waals surface area contributed by atoms with Gasteiger partial charge in [-0.15, -0.1) is 0 Å². The van der Waals surface area contributed by atoms with E-state index in [1.54, 1.807) is 6.92 Å². The lowest BCUT2D eigenvalue weighted by Crippen LogP contribution is -1.94. The minimum atomic E-state index is 0.120. The van der Waals surface area contributed by atoms with E-state index in [0.717, 1.165) is 16.3 Å². The molecule has 0 aliphatic rings. The van der Waals surface area contributed by atoms with Crippen LogP contribution in [0.2, 0.25) is 0 Å². The van der Waals surface area contributed by atoms with E-state index in [2.05, 4.69) is 22.3 Å². The fourth-order valence-electron chi connectivity index (χ4n) is 2.17. The molecule has 0 saturated heterocycles. The second-order valence-corrected chi connectivity index (χ2v) is 4.74. The zero-order valence-electron chi connectivity index (χ0n) is 11.2. The van der Waals surface area contributed by atoms with E-state index in [1.165, 1.54) is 0 Å². The summed E-state index contributed by atoms with van der Waals surface area (Å²) in [4.78, 5) is 15.4. The van der Waals surface area contributed by atoms with Crippen LogP contribution in [0.15, 0.2) is 47.0 Å². The summed E-state index contributed by atoms with van der Waals surface area (Å²) in [5.74, 6) is 1.19. The van der Waals surface area contributed by atoms with E-state index in [1.807, 2.05) is 30.3 Å². The predicted molar refractivity (Wildman–Crippen MR) is 76.2 cm³/mol. The highest BCUT2D eigenvalue weighted by atomic mass is 16.5. The molecule has 4 nitrogen and oxygen atoms in total. The molecule has 0 spiro atoms. The number of nitrogens with zero attached hydrogens (tertiary/aromatic N) is 2. The Morgan fingerprint density at radius 1 is 1.15 bits per heavy atom. The molecular formula is C16H14N2O2. The molecule has 0 fully saturated rings. The summed E-state index contributed by atoms with van der Waals surface area (Å²) in [5, 5.41) is 6.25. The summed E-state index contributed by atoms with van der Waals surface area (Å²) in [6, 6.07) is 14.1. The van der Waals surface area contributed by atoms with Gasteiger partial charge in [-0.3, -0.25) is 0 Å². The lowest BCUT2D eigenvalue weighted by Gasteiger charge is -2.01. The minimum absolute atomic E-state index is 0.120. The highest BCUT2D eigenvalue weighted by Crippen LogP contribution is 2.26. The Morgan fingerprint density at radius 2 is 1.95 bits per heavy atom. The van der Waals surface area contributed by atoms with Crippen molar-refractivity contribution >= 4 is 16.6 Å². The number of rotatable bonds is 4. The van der Waals surface area contributed by atoms with E-state index in [0.29, 0.717) is 24.6 Å². The van der Waals surface area contributed by atoms with Gasteiger partial charge < -0.3 is 9.32 Å². The third kappa shape index (κ3) is 2.45. The molecule has 0 aliphatic carbocycles. The van der Waals surface area contributed by atoms with Crippen LogP contribution in [0, 0.1) is 0 Å². The highest BCUT2D eigenvalue weighted by Gasteiger charge is 2.11. The van der Waals surface area contributed by atoms with Gasteiger partial charge in [-0.25, -0.2) is 0 Å². The second kappa shape index (κ2) is 5.25. The molecule has 0 saturated carbocycles. The maximum Gasteiger partial charge on any atom is 0.227 e. The first-order chi connectivity index (χ1) is 9.74. The number of aromatic nitrogens is 2. The molecule has 100 valence electrons. The van der Waals surface area contributed by atoms with Crippen molar-refractivity contribution < 1.29 is 9.32 Å². The number of aryl methyl sites for hydroxylation is 1. The first-order valence-electron chi connectivity index (χ1n) is 6.54. The molecule has 1 heterocycles. The number of carbonyl (C=O) groups excluding carboxylic acids is 1. The molecule has 20 heavy (non-hydrogen) atoms. The number of benzene rings is 2. The molecule has 3 aromatic rings. The number of carbonyl (C=O) groups is 1. The van der Waals surface area contributed by atoms with Crippen LogP contribution in [-0.2, 0) is 11.2 Å². The minimum Gasteiger partial charge on any atom is -0.339 e.